The summed E-state index contributed by atoms with van der Waals surface area (Å²) in [5.74, 6) is 0. The molecule has 2 heteroatoms. The molecule has 0 aliphatic heterocycles. The molecule has 0 amide bonds. The van der Waals surface area contributed by atoms with Gasteiger partial charge in [-0.3, -0.25) is 0 Å². The predicted octanol–water partition coefficient (Wildman–Crippen LogP) is 2.71. The molecule has 0 heterocycles. The van der Waals surface area contributed by atoms with Crippen LogP contribution in [0, 0.1) is 6.92 Å². The first-order valence-corrected chi connectivity index (χ1v) is 5.03. The molecule has 2 nitrogen and oxygen atoms in total. The molecule has 0 radical (unpaired) electrons. The molecule has 3 N–H and O–H groups in total. The zero-order valence-electron chi connectivity index (χ0n) is 8.46. The Labute approximate surface area is 84.8 Å². The van der Waals surface area contributed by atoms with Gasteiger partial charge in [-0.2, -0.15) is 0 Å². The molecule has 1 aliphatic carbocycles. The Bertz CT molecular complexity index is 327. The van der Waals surface area contributed by atoms with Crippen molar-refractivity contribution < 1.29 is 0 Å². The van der Waals surface area contributed by atoms with Crippen LogP contribution in [0.25, 0.3) is 0 Å². The zero-order chi connectivity index (χ0) is 9.97. The predicted molar refractivity (Wildman–Crippen MR) is 61.4 cm³/mol. The molecule has 0 aromatic heterocycles. The molecule has 0 atom stereocenters. The summed E-state index contributed by atoms with van der Waals surface area (Å²) in [6.07, 6.45) is 6.68. The van der Waals surface area contributed by atoms with E-state index in [1.165, 1.54) is 5.56 Å². The third kappa shape index (κ3) is 2.08. The summed E-state index contributed by atoms with van der Waals surface area (Å²) in [6, 6.07) is 6.66. The van der Waals surface area contributed by atoms with E-state index < -0.39 is 0 Å². The number of hydrogen-bond donors (Lipinski definition) is 2. The summed E-state index contributed by atoms with van der Waals surface area (Å²) in [7, 11) is 0. The number of hydrogen-bond acceptors (Lipinski definition) is 2. The summed E-state index contributed by atoms with van der Waals surface area (Å²) in [6.45, 7) is 2.06. The lowest BCUT2D eigenvalue weighted by Crippen LogP contribution is -2.15. The van der Waals surface area contributed by atoms with E-state index >= 15 is 0 Å². The largest absolute Gasteiger partial charge is 0.399 e. The van der Waals surface area contributed by atoms with Crippen molar-refractivity contribution in [3.05, 3.63) is 35.9 Å². The van der Waals surface area contributed by atoms with Gasteiger partial charge in [-0.15, -0.1) is 0 Å². The van der Waals surface area contributed by atoms with E-state index in [1.807, 2.05) is 12.1 Å². The number of benzene rings is 1. The average Bonchev–Trinajstić information content (AvgIpc) is 2.54. The van der Waals surface area contributed by atoms with E-state index in [9.17, 15) is 0 Å². The number of rotatable bonds is 2. The van der Waals surface area contributed by atoms with E-state index in [4.69, 9.17) is 5.73 Å². The van der Waals surface area contributed by atoms with Gasteiger partial charge in [0.2, 0.25) is 0 Å². The fourth-order valence-electron chi connectivity index (χ4n) is 1.87. The van der Waals surface area contributed by atoms with Crippen LogP contribution in [-0.2, 0) is 0 Å². The first-order valence-electron chi connectivity index (χ1n) is 5.03. The van der Waals surface area contributed by atoms with Gasteiger partial charge in [0, 0.05) is 17.4 Å². The molecular weight excluding hydrogens is 172 g/mol. The van der Waals surface area contributed by atoms with Gasteiger partial charge in [0.15, 0.2) is 0 Å². The van der Waals surface area contributed by atoms with Crippen molar-refractivity contribution in [2.45, 2.75) is 25.8 Å². The maximum Gasteiger partial charge on any atom is 0.0365 e. The SMILES string of the molecule is Cc1cc(N)cc(NC2CC=CC2)c1. The molecular formula is C12H16N2. The van der Waals surface area contributed by atoms with Crippen LogP contribution in [0.15, 0.2) is 30.4 Å². The fourth-order valence-corrected chi connectivity index (χ4v) is 1.87. The summed E-state index contributed by atoms with van der Waals surface area (Å²) in [4.78, 5) is 0. The highest BCUT2D eigenvalue weighted by Crippen LogP contribution is 2.20. The van der Waals surface area contributed by atoms with Gasteiger partial charge < -0.3 is 11.1 Å². The fraction of sp³-hybridized carbons (Fsp3) is 0.333. The Kier molecular flexibility index (Phi) is 2.44. The smallest absolute Gasteiger partial charge is 0.0365 e. The van der Waals surface area contributed by atoms with Crippen molar-refractivity contribution >= 4 is 11.4 Å². The summed E-state index contributed by atoms with van der Waals surface area (Å²) in [5.41, 5.74) is 8.95. The molecule has 0 unspecified atom stereocenters. The zero-order valence-corrected chi connectivity index (χ0v) is 8.46. The van der Waals surface area contributed by atoms with Crippen LogP contribution in [0.1, 0.15) is 18.4 Å². The van der Waals surface area contributed by atoms with Crippen molar-refractivity contribution in [1.29, 1.82) is 0 Å². The van der Waals surface area contributed by atoms with E-state index in [-0.39, 0.29) is 0 Å². The highest BCUT2D eigenvalue weighted by atomic mass is 14.9. The van der Waals surface area contributed by atoms with Gasteiger partial charge >= 0.3 is 0 Å². The molecule has 1 aromatic carbocycles. The normalized spacial score (nSPS) is 16.1. The third-order valence-corrected chi connectivity index (χ3v) is 2.48. The second-order valence-corrected chi connectivity index (χ2v) is 3.92. The lowest BCUT2D eigenvalue weighted by molar-refractivity contribution is 0.787. The molecule has 14 heavy (non-hydrogen) atoms. The van der Waals surface area contributed by atoms with Crippen LogP contribution in [0.3, 0.4) is 0 Å². The van der Waals surface area contributed by atoms with Crippen molar-refractivity contribution in [3.63, 3.8) is 0 Å². The Balaban J connectivity index is 2.08. The van der Waals surface area contributed by atoms with Gasteiger partial charge in [0.1, 0.15) is 0 Å². The highest BCUT2D eigenvalue weighted by Gasteiger charge is 2.09. The molecule has 0 fully saturated rings. The highest BCUT2D eigenvalue weighted by molar-refractivity contribution is 5.57. The molecule has 1 aliphatic rings. The quantitative estimate of drug-likeness (QED) is 0.553. The molecule has 0 spiro atoms. The van der Waals surface area contributed by atoms with Gasteiger partial charge in [0.05, 0.1) is 0 Å². The van der Waals surface area contributed by atoms with Crippen molar-refractivity contribution in [2.24, 2.45) is 0 Å². The standard InChI is InChI=1S/C12H16N2/c1-9-6-10(13)8-12(7-9)14-11-4-2-3-5-11/h2-3,6-8,11,14H,4-5,13H2,1H3. The number of nitrogen functional groups attached to an aromatic ring is 1. The number of anilines is 2. The Hall–Kier alpha value is -1.44. The van der Waals surface area contributed by atoms with E-state index in [2.05, 4.69) is 30.5 Å². The average molecular weight is 188 g/mol. The first-order chi connectivity index (χ1) is 6.74. The van der Waals surface area contributed by atoms with Gasteiger partial charge in [-0.25, -0.2) is 0 Å². The molecule has 2 rings (SSSR count). The summed E-state index contributed by atoms with van der Waals surface area (Å²) in [5, 5.41) is 3.48. The number of nitrogens with two attached hydrogens (primary N) is 1. The van der Waals surface area contributed by atoms with Gasteiger partial charge in [-0.1, -0.05) is 12.2 Å². The second kappa shape index (κ2) is 3.74. The third-order valence-electron chi connectivity index (χ3n) is 2.48. The lowest BCUT2D eigenvalue weighted by atomic mass is 10.1. The Morgan fingerprint density at radius 1 is 1.21 bits per heavy atom. The Morgan fingerprint density at radius 3 is 2.57 bits per heavy atom. The van der Waals surface area contributed by atoms with Crippen molar-refractivity contribution in [1.82, 2.24) is 0 Å². The van der Waals surface area contributed by atoms with Crippen LogP contribution in [-0.4, -0.2) is 6.04 Å². The second-order valence-electron chi connectivity index (χ2n) is 3.92. The minimum absolute atomic E-state index is 0.552. The molecule has 0 saturated carbocycles. The van der Waals surface area contributed by atoms with Crippen LogP contribution < -0.4 is 11.1 Å². The summed E-state index contributed by atoms with van der Waals surface area (Å²) >= 11 is 0. The van der Waals surface area contributed by atoms with Gasteiger partial charge in [-0.05, 0) is 43.5 Å². The molecule has 0 saturated heterocycles. The first kappa shape index (κ1) is 9.13. The topological polar surface area (TPSA) is 38.0 Å². The van der Waals surface area contributed by atoms with E-state index in [1.54, 1.807) is 0 Å². The van der Waals surface area contributed by atoms with Crippen LogP contribution in [0.4, 0.5) is 11.4 Å². The molecule has 1 aromatic rings. The van der Waals surface area contributed by atoms with E-state index in [0.717, 1.165) is 24.2 Å². The maximum absolute atomic E-state index is 5.78. The number of nitrogens with one attached hydrogen (secondary N) is 1. The summed E-state index contributed by atoms with van der Waals surface area (Å²) < 4.78 is 0. The lowest BCUT2D eigenvalue weighted by Gasteiger charge is -2.14. The molecule has 74 valence electrons. The molecule has 0 bridgehead atoms. The van der Waals surface area contributed by atoms with Crippen LogP contribution in [0.2, 0.25) is 0 Å². The monoisotopic (exact) mass is 188 g/mol. The van der Waals surface area contributed by atoms with Crippen LogP contribution in [0.5, 0.6) is 0 Å². The van der Waals surface area contributed by atoms with Crippen molar-refractivity contribution in [3.8, 4) is 0 Å². The maximum atomic E-state index is 5.78. The minimum Gasteiger partial charge on any atom is -0.399 e. The minimum atomic E-state index is 0.552. The van der Waals surface area contributed by atoms with Gasteiger partial charge in [0.25, 0.3) is 0 Å². The van der Waals surface area contributed by atoms with Crippen molar-refractivity contribution in [2.75, 3.05) is 11.1 Å². The van der Waals surface area contributed by atoms with Crippen LogP contribution >= 0.6 is 0 Å². The number of aryl methyl sites for hydroxylation is 1. The van der Waals surface area contributed by atoms with E-state index in [0.29, 0.717) is 6.04 Å². The Morgan fingerprint density at radius 2 is 1.93 bits per heavy atom.